The highest BCUT2D eigenvalue weighted by Crippen LogP contribution is 2.62. The Labute approximate surface area is 119 Å². The highest BCUT2D eigenvalue weighted by atomic mass is 15.0. The molecule has 2 bridgehead atoms. The predicted octanol–water partition coefficient (Wildman–Crippen LogP) is 4.62. The van der Waals surface area contributed by atoms with Gasteiger partial charge in [-0.15, -0.1) is 0 Å². The van der Waals surface area contributed by atoms with Crippen molar-refractivity contribution in [1.29, 1.82) is 0 Å². The Balaban J connectivity index is 1.78. The molecule has 5 unspecified atom stereocenters. The number of hydrogen-bond donors (Lipinski definition) is 1. The summed E-state index contributed by atoms with van der Waals surface area (Å²) in [7, 11) is 0. The summed E-state index contributed by atoms with van der Waals surface area (Å²) in [5.41, 5.74) is 1.08. The Hall–Kier alpha value is -0.0400. The summed E-state index contributed by atoms with van der Waals surface area (Å²) in [4.78, 5) is 0. The van der Waals surface area contributed by atoms with Crippen LogP contribution in [0.3, 0.4) is 0 Å². The second kappa shape index (κ2) is 4.48. The molecule has 1 N–H and O–H groups in total. The van der Waals surface area contributed by atoms with Crippen molar-refractivity contribution in [3.63, 3.8) is 0 Å². The van der Waals surface area contributed by atoms with E-state index in [1.807, 2.05) is 0 Å². The molecule has 19 heavy (non-hydrogen) atoms. The maximum absolute atomic E-state index is 4.18. The minimum Gasteiger partial charge on any atom is -0.310 e. The molecule has 3 fully saturated rings. The lowest BCUT2D eigenvalue weighted by Crippen LogP contribution is -2.57. The molecular weight excluding hydrogens is 230 g/mol. The molecular formula is C18H33N. The quantitative estimate of drug-likeness (QED) is 0.767. The lowest BCUT2D eigenvalue weighted by atomic mass is 9.67. The smallest absolute Gasteiger partial charge is 0.0178 e. The van der Waals surface area contributed by atoms with Gasteiger partial charge in [0.2, 0.25) is 0 Å². The molecule has 3 saturated carbocycles. The molecule has 0 radical (unpaired) electrons. The van der Waals surface area contributed by atoms with Gasteiger partial charge < -0.3 is 5.32 Å². The van der Waals surface area contributed by atoms with E-state index < -0.39 is 0 Å². The zero-order valence-electron chi connectivity index (χ0n) is 13.6. The van der Waals surface area contributed by atoms with E-state index in [-0.39, 0.29) is 0 Å². The number of rotatable bonds is 2. The van der Waals surface area contributed by atoms with Crippen molar-refractivity contribution < 1.29 is 0 Å². The minimum absolute atomic E-state index is 0.504. The van der Waals surface area contributed by atoms with E-state index in [1.165, 1.54) is 38.5 Å². The van der Waals surface area contributed by atoms with Crippen LogP contribution in [0.4, 0.5) is 0 Å². The zero-order valence-corrected chi connectivity index (χ0v) is 13.6. The Kier molecular flexibility index (Phi) is 3.28. The third-order valence-electron chi connectivity index (χ3n) is 7.17. The van der Waals surface area contributed by atoms with Crippen LogP contribution < -0.4 is 5.32 Å². The summed E-state index contributed by atoms with van der Waals surface area (Å²) in [5.74, 6) is 2.69. The van der Waals surface area contributed by atoms with Gasteiger partial charge in [-0.05, 0) is 60.7 Å². The molecule has 0 aromatic carbocycles. The van der Waals surface area contributed by atoms with Crippen LogP contribution in [0.2, 0.25) is 0 Å². The van der Waals surface area contributed by atoms with Gasteiger partial charge in [0.25, 0.3) is 0 Å². The minimum atomic E-state index is 0.504. The van der Waals surface area contributed by atoms with Gasteiger partial charge in [0.05, 0.1) is 0 Å². The normalized spacial score (nSPS) is 52.6. The highest BCUT2D eigenvalue weighted by molar-refractivity contribution is 5.13. The van der Waals surface area contributed by atoms with Gasteiger partial charge in [0.1, 0.15) is 0 Å². The molecule has 3 aliphatic rings. The predicted molar refractivity (Wildman–Crippen MR) is 82.1 cm³/mol. The monoisotopic (exact) mass is 263 g/mol. The second-order valence-corrected chi connectivity index (χ2v) is 8.93. The van der Waals surface area contributed by atoms with E-state index in [1.54, 1.807) is 0 Å². The fraction of sp³-hybridized carbons (Fsp3) is 1.00. The topological polar surface area (TPSA) is 12.0 Å². The fourth-order valence-corrected chi connectivity index (χ4v) is 5.92. The maximum atomic E-state index is 4.18. The SMILES string of the molecule is CC1CCCC(C)C1NC1C2(C)CCC(C2)C1(C)C. The van der Waals surface area contributed by atoms with E-state index in [4.69, 9.17) is 0 Å². The molecule has 0 spiro atoms. The van der Waals surface area contributed by atoms with E-state index >= 15 is 0 Å². The van der Waals surface area contributed by atoms with Crippen LogP contribution in [0.1, 0.15) is 73.1 Å². The molecule has 1 heteroatoms. The van der Waals surface area contributed by atoms with Gasteiger partial charge in [0.15, 0.2) is 0 Å². The van der Waals surface area contributed by atoms with Crippen LogP contribution in [-0.2, 0) is 0 Å². The van der Waals surface area contributed by atoms with Crippen molar-refractivity contribution in [3.8, 4) is 0 Å². The molecule has 1 nitrogen and oxygen atoms in total. The number of hydrogen-bond acceptors (Lipinski definition) is 1. The van der Waals surface area contributed by atoms with E-state index in [0.29, 0.717) is 10.8 Å². The van der Waals surface area contributed by atoms with E-state index in [2.05, 4.69) is 39.9 Å². The first-order chi connectivity index (χ1) is 8.84. The summed E-state index contributed by atoms with van der Waals surface area (Å²) in [6, 6.07) is 1.50. The summed E-state index contributed by atoms with van der Waals surface area (Å²) < 4.78 is 0. The largest absolute Gasteiger partial charge is 0.310 e. The van der Waals surface area contributed by atoms with Gasteiger partial charge in [-0.3, -0.25) is 0 Å². The van der Waals surface area contributed by atoms with Crippen molar-refractivity contribution in [2.75, 3.05) is 0 Å². The van der Waals surface area contributed by atoms with Crippen LogP contribution in [-0.4, -0.2) is 12.1 Å². The van der Waals surface area contributed by atoms with Crippen LogP contribution in [0.5, 0.6) is 0 Å². The molecule has 110 valence electrons. The van der Waals surface area contributed by atoms with Crippen LogP contribution in [0.25, 0.3) is 0 Å². The number of nitrogens with one attached hydrogen (secondary N) is 1. The first-order valence-electron chi connectivity index (χ1n) is 8.60. The molecule has 5 atom stereocenters. The van der Waals surface area contributed by atoms with E-state index in [0.717, 1.165) is 29.8 Å². The van der Waals surface area contributed by atoms with Crippen LogP contribution >= 0.6 is 0 Å². The molecule has 0 saturated heterocycles. The van der Waals surface area contributed by atoms with Crippen molar-refractivity contribution in [2.45, 2.75) is 85.2 Å². The van der Waals surface area contributed by atoms with Crippen LogP contribution in [0.15, 0.2) is 0 Å². The highest BCUT2D eigenvalue weighted by Gasteiger charge is 2.59. The van der Waals surface area contributed by atoms with Gasteiger partial charge in [0, 0.05) is 12.1 Å². The fourth-order valence-electron chi connectivity index (χ4n) is 5.92. The summed E-state index contributed by atoms with van der Waals surface area (Å²) >= 11 is 0. The van der Waals surface area contributed by atoms with Crippen molar-refractivity contribution in [1.82, 2.24) is 5.32 Å². The van der Waals surface area contributed by atoms with Crippen LogP contribution in [0, 0.1) is 28.6 Å². The lowest BCUT2D eigenvalue weighted by Gasteiger charge is -2.48. The first kappa shape index (κ1) is 13.9. The maximum Gasteiger partial charge on any atom is 0.0178 e. The Bertz CT molecular complexity index is 333. The van der Waals surface area contributed by atoms with Gasteiger partial charge in [-0.1, -0.05) is 41.0 Å². The Morgan fingerprint density at radius 1 is 0.947 bits per heavy atom. The average molecular weight is 263 g/mol. The lowest BCUT2D eigenvalue weighted by molar-refractivity contribution is 0.0691. The first-order valence-corrected chi connectivity index (χ1v) is 8.60. The molecule has 0 aliphatic heterocycles. The average Bonchev–Trinajstić information content (AvgIpc) is 2.78. The zero-order chi connectivity index (χ0) is 13.8. The molecule has 0 amide bonds. The molecule has 0 heterocycles. The number of fused-ring (bicyclic) bond motifs is 2. The third kappa shape index (κ3) is 2.07. The van der Waals surface area contributed by atoms with Gasteiger partial charge in [-0.2, -0.15) is 0 Å². The second-order valence-electron chi connectivity index (χ2n) is 8.93. The van der Waals surface area contributed by atoms with Gasteiger partial charge >= 0.3 is 0 Å². The van der Waals surface area contributed by atoms with E-state index in [9.17, 15) is 0 Å². The molecule has 0 aromatic heterocycles. The third-order valence-corrected chi connectivity index (χ3v) is 7.17. The van der Waals surface area contributed by atoms with Crippen molar-refractivity contribution >= 4 is 0 Å². The summed E-state index contributed by atoms with van der Waals surface area (Å²) in [5, 5.41) is 4.18. The summed E-state index contributed by atoms with van der Waals surface area (Å²) in [6.07, 6.45) is 8.68. The molecule has 3 rings (SSSR count). The Morgan fingerprint density at radius 2 is 1.58 bits per heavy atom. The summed E-state index contributed by atoms with van der Waals surface area (Å²) in [6.45, 7) is 12.5. The standard InChI is InChI=1S/C18H33N/c1-12-7-6-8-13(2)15(12)19-16-17(3,4)14-9-10-18(16,5)11-14/h12-16,19H,6-11H2,1-5H3. The Morgan fingerprint density at radius 3 is 2.11 bits per heavy atom. The molecule has 3 aliphatic carbocycles. The van der Waals surface area contributed by atoms with Crippen molar-refractivity contribution in [3.05, 3.63) is 0 Å². The van der Waals surface area contributed by atoms with Gasteiger partial charge in [-0.25, -0.2) is 0 Å². The van der Waals surface area contributed by atoms with Crippen molar-refractivity contribution in [2.24, 2.45) is 28.6 Å². The molecule has 0 aromatic rings.